The Morgan fingerprint density at radius 1 is 0.452 bits per heavy atom. The van der Waals surface area contributed by atoms with Gasteiger partial charge in [-0.25, -0.2) is 0 Å². The van der Waals surface area contributed by atoms with Crippen molar-refractivity contribution in [3.8, 4) is 44.8 Å². The fraction of sp³-hybridized carbons (Fsp3) is 0.0571. The van der Waals surface area contributed by atoms with Crippen LogP contribution in [0, 0.1) is 0 Å². The van der Waals surface area contributed by atoms with Gasteiger partial charge in [-0.2, -0.15) is 0 Å². The van der Waals surface area contributed by atoms with Gasteiger partial charge < -0.3 is 14.0 Å². The number of allylic oxidation sites excluding steroid dienone is 1. The molecule has 14 rings (SSSR count). The summed E-state index contributed by atoms with van der Waals surface area (Å²) in [6.07, 6.45) is 7.95. The van der Waals surface area contributed by atoms with Crippen molar-refractivity contribution in [3.63, 3.8) is 0 Å². The Balaban J connectivity index is 0.904. The van der Waals surface area contributed by atoms with Gasteiger partial charge >= 0.3 is 0 Å². The molecule has 2 heterocycles. The summed E-state index contributed by atoms with van der Waals surface area (Å²) >= 11 is 0. The number of aromatic nitrogens is 2. The number of hydrogen-bond donors (Lipinski definition) is 0. The summed E-state index contributed by atoms with van der Waals surface area (Å²) < 4.78 is 4.90. The average Bonchev–Trinajstić information content (AvgIpc) is 4.14. The molecule has 3 heteroatoms. The molecule has 346 valence electrons. The third-order valence-electron chi connectivity index (χ3n) is 15.6. The number of nitrogens with zero attached hydrogens (tertiary/aromatic N) is 3. The zero-order chi connectivity index (χ0) is 48.5. The van der Waals surface area contributed by atoms with Crippen LogP contribution in [0.4, 0.5) is 17.1 Å². The van der Waals surface area contributed by atoms with Crippen LogP contribution in [-0.2, 0) is 5.41 Å². The number of fused-ring (bicyclic) bond motifs is 8. The highest BCUT2D eigenvalue weighted by Gasteiger charge is 2.46. The quantitative estimate of drug-likeness (QED) is 0.141. The zero-order valence-electron chi connectivity index (χ0n) is 40.6. The number of rotatable bonds is 9. The maximum absolute atomic E-state index is 2.54. The van der Waals surface area contributed by atoms with E-state index in [9.17, 15) is 0 Å². The first-order valence-electron chi connectivity index (χ1n) is 25.6. The van der Waals surface area contributed by atoms with Crippen molar-refractivity contribution in [2.45, 2.75) is 24.7 Å². The molecule has 0 fully saturated rings. The highest BCUT2D eigenvalue weighted by molar-refractivity contribution is 6.11. The van der Waals surface area contributed by atoms with E-state index in [0.717, 1.165) is 23.5 Å². The Kier molecular flexibility index (Phi) is 10.1. The molecule has 2 aliphatic carbocycles. The average molecular weight is 934 g/mol. The monoisotopic (exact) mass is 933 g/mol. The molecule has 0 bridgehead atoms. The van der Waals surface area contributed by atoms with E-state index in [1.807, 2.05) is 0 Å². The standard InChI is InChI=1S/C70H51N3/c1-48-18-16-30-63-67-66(43-36-52-44-45-71(69(52)67)56-26-12-5-13-27-56)73(68(48)63)59-28-17-21-53(46-59)51-34-39-58(40-35-51)72(57-37-32-50(33-38-57)49-19-6-2-7-20-49)60-41-42-62-61-29-14-15-31-64(61)70(65(62)47-60,54-22-8-3-9-23-54)55-24-10-4-11-25-55/h2-17,19-48H,18H2,1H3. The normalized spacial score (nSPS) is 14.2. The summed E-state index contributed by atoms with van der Waals surface area (Å²) in [5, 5.41) is 2.55. The van der Waals surface area contributed by atoms with Gasteiger partial charge in [0.05, 0.1) is 16.4 Å². The Bertz CT molecular complexity index is 3990. The predicted molar refractivity (Wildman–Crippen MR) is 305 cm³/mol. The number of hydrogen-bond acceptors (Lipinski definition) is 1. The van der Waals surface area contributed by atoms with E-state index in [2.05, 4.69) is 294 Å². The topological polar surface area (TPSA) is 13.1 Å². The van der Waals surface area contributed by atoms with Gasteiger partial charge in [-0.3, -0.25) is 0 Å². The van der Waals surface area contributed by atoms with Crippen LogP contribution in [0.3, 0.4) is 0 Å². The van der Waals surface area contributed by atoms with Crippen molar-refractivity contribution >= 4 is 44.9 Å². The second-order valence-electron chi connectivity index (χ2n) is 19.7. The van der Waals surface area contributed by atoms with Crippen molar-refractivity contribution in [1.29, 1.82) is 0 Å². The van der Waals surface area contributed by atoms with E-state index in [1.54, 1.807) is 0 Å². The summed E-state index contributed by atoms with van der Waals surface area (Å²) in [5.74, 6) is 0.359. The molecule has 2 aromatic heterocycles. The first-order valence-corrected chi connectivity index (χ1v) is 25.6. The van der Waals surface area contributed by atoms with Crippen LogP contribution in [0.15, 0.2) is 267 Å². The molecule has 0 saturated carbocycles. The maximum Gasteiger partial charge on any atom is 0.0714 e. The molecule has 1 atom stereocenters. The van der Waals surface area contributed by atoms with Crippen LogP contribution in [0.1, 0.15) is 52.8 Å². The smallest absolute Gasteiger partial charge is 0.0714 e. The molecule has 12 aromatic rings. The van der Waals surface area contributed by atoms with E-state index < -0.39 is 5.41 Å². The van der Waals surface area contributed by atoms with Gasteiger partial charge in [-0.15, -0.1) is 0 Å². The maximum atomic E-state index is 2.54. The molecule has 0 N–H and O–H groups in total. The van der Waals surface area contributed by atoms with Gasteiger partial charge in [0.15, 0.2) is 0 Å². The molecule has 0 amide bonds. The third-order valence-corrected chi connectivity index (χ3v) is 15.6. The number of para-hydroxylation sites is 1. The Morgan fingerprint density at radius 2 is 1.01 bits per heavy atom. The fourth-order valence-electron chi connectivity index (χ4n) is 12.4. The van der Waals surface area contributed by atoms with Crippen molar-refractivity contribution in [2.24, 2.45) is 0 Å². The molecular formula is C70H51N3. The predicted octanol–water partition coefficient (Wildman–Crippen LogP) is 18.3. The van der Waals surface area contributed by atoms with Gasteiger partial charge in [0.1, 0.15) is 0 Å². The minimum Gasteiger partial charge on any atom is -0.316 e. The first-order chi connectivity index (χ1) is 36.1. The lowest BCUT2D eigenvalue weighted by atomic mass is 9.67. The molecule has 0 saturated heterocycles. The highest BCUT2D eigenvalue weighted by atomic mass is 15.1. The summed E-state index contributed by atoms with van der Waals surface area (Å²) in [5.41, 5.74) is 22.6. The van der Waals surface area contributed by atoms with Gasteiger partial charge in [0.25, 0.3) is 0 Å². The number of anilines is 3. The minimum atomic E-state index is -0.515. The third kappa shape index (κ3) is 6.80. The lowest BCUT2D eigenvalue weighted by Gasteiger charge is -2.35. The van der Waals surface area contributed by atoms with E-state index in [1.165, 1.54) is 100 Å². The highest BCUT2D eigenvalue weighted by Crippen LogP contribution is 2.57. The van der Waals surface area contributed by atoms with Crippen LogP contribution in [0.25, 0.3) is 72.6 Å². The molecule has 1 unspecified atom stereocenters. The zero-order valence-corrected chi connectivity index (χ0v) is 40.6. The van der Waals surface area contributed by atoms with Crippen molar-refractivity contribution in [2.75, 3.05) is 4.90 Å². The molecule has 10 aromatic carbocycles. The van der Waals surface area contributed by atoms with Crippen LogP contribution in [-0.4, -0.2) is 9.13 Å². The van der Waals surface area contributed by atoms with Gasteiger partial charge in [0.2, 0.25) is 0 Å². The summed E-state index contributed by atoms with van der Waals surface area (Å²) in [6.45, 7) is 2.37. The lowest BCUT2D eigenvalue weighted by molar-refractivity contribution is 0.723. The van der Waals surface area contributed by atoms with Crippen molar-refractivity contribution in [1.82, 2.24) is 9.13 Å². The van der Waals surface area contributed by atoms with E-state index in [-0.39, 0.29) is 0 Å². The molecule has 73 heavy (non-hydrogen) atoms. The van der Waals surface area contributed by atoms with E-state index in [4.69, 9.17) is 0 Å². The van der Waals surface area contributed by atoms with Gasteiger partial charge in [-0.05, 0) is 135 Å². The Labute approximate surface area is 426 Å². The van der Waals surface area contributed by atoms with E-state index >= 15 is 0 Å². The van der Waals surface area contributed by atoms with E-state index in [0.29, 0.717) is 5.92 Å². The molecule has 0 radical (unpaired) electrons. The molecule has 0 spiro atoms. The number of benzene rings is 10. The fourth-order valence-corrected chi connectivity index (χ4v) is 12.4. The minimum absolute atomic E-state index is 0.359. The van der Waals surface area contributed by atoms with Gasteiger partial charge in [-0.1, -0.05) is 201 Å². The summed E-state index contributed by atoms with van der Waals surface area (Å²) in [6, 6.07) is 93.9. The van der Waals surface area contributed by atoms with Crippen LogP contribution in [0.2, 0.25) is 0 Å². The molecular weight excluding hydrogens is 883 g/mol. The second-order valence-corrected chi connectivity index (χ2v) is 19.7. The van der Waals surface area contributed by atoms with Crippen LogP contribution >= 0.6 is 0 Å². The van der Waals surface area contributed by atoms with Crippen LogP contribution < -0.4 is 4.90 Å². The largest absolute Gasteiger partial charge is 0.316 e. The first kappa shape index (κ1) is 42.7. The Morgan fingerprint density at radius 3 is 1.71 bits per heavy atom. The van der Waals surface area contributed by atoms with Crippen molar-refractivity contribution < 1.29 is 0 Å². The van der Waals surface area contributed by atoms with Gasteiger partial charge in [0, 0.05) is 62.6 Å². The summed E-state index contributed by atoms with van der Waals surface area (Å²) in [4.78, 5) is 2.43. The van der Waals surface area contributed by atoms with Crippen LogP contribution in [0.5, 0.6) is 0 Å². The molecule has 2 aliphatic rings. The lowest BCUT2D eigenvalue weighted by Crippen LogP contribution is -2.28. The van der Waals surface area contributed by atoms with Crippen molar-refractivity contribution in [3.05, 3.63) is 301 Å². The molecule has 0 aliphatic heterocycles. The second kappa shape index (κ2) is 17.3. The molecule has 3 nitrogen and oxygen atoms in total. The SMILES string of the molecule is CC1CC=Cc2c1n(-c1cccc(-c3ccc(N(c4ccc(-c5ccccc5)cc4)c4ccc5c(c4)C(c4ccccc4)(c4ccccc4)c4ccccc4-5)cc3)c1)c1ccc3ccn(-c4ccccc4)c3c21. The summed E-state index contributed by atoms with van der Waals surface area (Å²) in [7, 11) is 0. The Hall–Kier alpha value is -9.18.